The van der Waals surface area contributed by atoms with Crippen LogP contribution in [0, 0.1) is 0 Å². The molecule has 1 aliphatic rings. The number of nitrogens with two attached hydrogens (primary N) is 1. The molecule has 1 heterocycles. The lowest BCUT2D eigenvalue weighted by atomic mass is 10.2. The predicted octanol–water partition coefficient (Wildman–Crippen LogP) is -0.828. The van der Waals surface area contributed by atoms with Gasteiger partial charge in [0.25, 0.3) is 0 Å². The van der Waals surface area contributed by atoms with Crippen LogP contribution in [0.2, 0.25) is 0 Å². The lowest BCUT2D eigenvalue weighted by Crippen LogP contribution is -2.54. The maximum atomic E-state index is 11.8. The molecule has 5 nitrogen and oxygen atoms in total. The highest BCUT2D eigenvalue weighted by Crippen LogP contribution is 2.06. The number of amides is 1. The number of ether oxygens (including phenoxy) is 1. The summed E-state index contributed by atoms with van der Waals surface area (Å²) in [7, 11) is 0. The van der Waals surface area contributed by atoms with Crippen LogP contribution < -0.4 is 11.1 Å². The molecule has 0 aliphatic carbocycles. The Morgan fingerprint density at radius 2 is 2.47 bits per heavy atom. The van der Waals surface area contributed by atoms with Gasteiger partial charge in [-0.05, 0) is 6.42 Å². The van der Waals surface area contributed by atoms with Crippen molar-refractivity contribution in [2.24, 2.45) is 5.73 Å². The predicted molar refractivity (Wildman–Crippen MR) is 58.5 cm³/mol. The van der Waals surface area contributed by atoms with Gasteiger partial charge >= 0.3 is 0 Å². The number of hydrogen-bond acceptors (Lipinski definition) is 4. The van der Waals surface area contributed by atoms with E-state index in [-0.39, 0.29) is 11.9 Å². The van der Waals surface area contributed by atoms with Crippen molar-refractivity contribution in [3.05, 3.63) is 0 Å². The second kappa shape index (κ2) is 6.76. The van der Waals surface area contributed by atoms with E-state index in [1.165, 1.54) is 0 Å². The van der Waals surface area contributed by atoms with E-state index in [9.17, 15) is 4.79 Å². The number of rotatable bonds is 5. The van der Waals surface area contributed by atoms with E-state index < -0.39 is 0 Å². The SMILES string of the molecule is CCCNC(=O)C1COCCN1CCN. The highest BCUT2D eigenvalue weighted by molar-refractivity contribution is 5.81. The Bertz CT molecular complexity index is 197. The molecule has 1 fully saturated rings. The summed E-state index contributed by atoms with van der Waals surface area (Å²) in [5, 5.41) is 2.89. The number of nitrogens with zero attached hydrogens (tertiary/aromatic N) is 1. The number of hydrogen-bond donors (Lipinski definition) is 2. The van der Waals surface area contributed by atoms with Gasteiger partial charge in [-0.15, -0.1) is 0 Å². The molecule has 1 rings (SSSR count). The van der Waals surface area contributed by atoms with Crippen LogP contribution in [0.1, 0.15) is 13.3 Å². The van der Waals surface area contributed by atoms with Crippen LogP contribution in [0.4, 0.5) is 0 Å². The average molecular weight is 215 g/mol. The van der Waals surface area contributed by atoms with E-state index in [1.54, 1.807) is 0 Å². The van der Waals surface area contributed by atoms with Crippen molar-refractivity contribution >= 4 is 5.91 Å². The summed E-state index contributed by atoms with van der Waals surface area (Å²) in [5.74, 6) is 0.0602. The smallest absolute Gasteiger partial charge is 0.239 e. The maximum Gasteiger partial charge on any atom is 0.239 e. The van der Waals surface area contributed by atoms with Gasteiger partial charge in [-0.3, -0.25) is 9.69 Å². The van der Waals surface area contributed by atoms with Gasteiger partial charge in [0.1, 0.15) is 6.04 Å². The van der Waals surface area contributed by atoms with Gasteiger partial charge < -0.3 is 15.8 Å². The molecular weight excluding hydrogens is 194 g/mol. The Balaban J connectivity index is 2.43. The quantitative estimate of drug-likeness (QED) is 0.628. The summed E-state index contributed by atoms with van der Waals surface area (Å²) < 4.78 is 5.32. The molecule has 0 aromatic rings. The second-order valence-electron chi connectivity index (χ2n) is 3.71. The number of nitrogens with one attached hydrogen (secondary N) is 1. The lowest BCUT2D eigenvalue weighted by molar-refractivity contribution is -0.132. The third-order valence-corrected chi connectivity index (χ3v) is 2.51. The fourth-order valence-electron chi connectivity index (χ4n) is 1.68. The zero-order chi connectivity index (χ0) is 11.1. The van der Waals surface area contributed by atoms with Crippen molar-refractivity contribution in [2.45, 2.75) is 19.4 Å². The summed E-state index contributed by atoms with van der Waals surface area (Å²) in [6, 6.07) is -0.158. The van der Waals surface area contributed by atoms with E-state index in [0.717, 1.165) is 26.1 Å². The largest absolute Gasteiger partial charge is 0.378 e. The Morgan fingerprint density at radius 3 is 3.13 bits per heavy atom. The van der Waals surface area contributed by atoms with Gasteiger partial charge in [0, 0.05) is 26.2 Å². The monoisotopic (exact) mass is 215 g/mol. The first-order valence-corrected chi connectivity index (χ1v) is 5.59. The van der Waals surface area contributed by atoms with Gasteiger partial charge in [-0.25, -0.2) is 0 Å². The van der Waals surface area contributed by atoms with Crippen molar-refractivity contribution in [3.63, 3.8) is 0 Å². The summed E-state index contributed by atoms with van der Waals surface area (Å²) >= 11 is 0. The van der Waals surface area contributed by atoms with Gasteiger partial charge in [-0.1, -0.05) is 6.92 Å². The van der Waals surface area contributed by atoms with E-state index in [0.29, 0.717) is 19.8 Å². The molecule has 0 aromatic carbocycles. The molecule has 3 N–H and O–H groups in total. The van der Waals surface area contributed by atoms with Crippen molar-refractivity contribution in [2.75, 3.05) is 39.4 Å². The molecule has 0 saturated carbocycles. The maximum absolute atomic E-state index is 11.8. The third-order valence-electron chi connectivity index (χ3n) is 2.51. The normalized spacial score (nSPS) is 22.7. The molecule has 1 saturated heterocycles. The molecule has 88 valence electrons. The molecule has 15 heavy (non-hydrogen) atoms. The van der Waals surface area contributed by atoms with Gasteiger partial charge in [-0.2, -0.15) is 0 Å². The molecule has 0 radical (unpaired) electrons. The highest BCUT2D eigenvalue weighted by Gasteiger charge is 2.28. The van der Waals surface area contributed by atoms with Gasteiger partial charge in [0.05, 0.1) is 13.2 Å². The zero-order valence-electron chi connectivity index (χ0n) is 9.37. The molecule has 1 aliphatic heterocycles. The Morgan fingerprint density at radius 1 is 1.67 bits per heavy atom. The van der Waals surface area contributed by atoms with Crippen LogP contribution in [0.5, 0.6) is 0 Å². The first-order chi connectivity index (χ1) is 7.29. The molecule has 0 spiro atoms. The Hall–Kier alpha value is -0.650. The van der Waals surface area contributed by atoms with Crippen molar-refractivity contribution < 1.29 is 9.53 Å². The standard InChI is InChI=1S/C10H21N3O2/c1-2-4-12-10(14)9-8-15-7-6-13(9)5-3-11/h9H,2-8,11H2,1H3,(H,12,14). The van der Waals surface area contributed by atoms with Crippen LogP contribution in [0.15, 0.2) is 0 Å². The summed E-state index contributed by atoms with van der Waals surface area (Å²) in [5.41, 5.74) is 5.51. The average Bonchev–Trinajstić information content (AvgIpc) is 2.27. The third kappa shape index (κ3) is 3.77. The summed E-state index contributed by atoms with van der Waals surface area (Å²) in [4.78, 5) is 13.9. The fraction of sp³-hybridized carbons (Fsp3) is 0.900. The lowest BCUT2D eigenvalue weighted by Gasteiger charge is -2.34. The Kier molecular flexibility index (Phi) is 5.60. The van der Waals surface area contributed by atoms with Gasteiger partial charge in [0.2, 0.25) is 5.91 Å². The molecule has 1 amide bonds. The fourth-order valence-corrected chi connectivity index (χ4v) is 1.68. The number of morpholine rings is 1. The highest BCUT2D eigenvalue weighted by atomic mass is 16.5. The molecule has 1 atom stereocenters. The Labute approximate surface area is 90.9 Å². The summed E-state index contributed by atoms with van der Waals surface area (Å²) in [6.07, 6.45) is 0.955. The molecular formula is C10H21N3O2. The summed E-state index contributed by atoms with van der Waals surface area (Å²) in [6.45, 7) is 6.07. The van der Waals surface area contributed by atoms with Crippen LogP contribution in [0.3, 0.4) is 0 Å². The first-order valence-electron chi connectivity index (χ1n) is 5.59. The van der Waals surface area contributed by atoms with Crippen molar-refractivity contribution in [1.82, 2.24) is 10.2 Å². The molecule has 0 aromatic heterocycles. The van der Waals surface area contributed by atoms with E-state index in [4.69, 9.17) is 10.5 Å². The topological polar surface area (TPSA) is 67.6 Å². The van der Waals surface area contributed by atoms with Crippen LogP contribution in [-0.2, 0) is 9.53 Å². The molecule has 0 bridgehead atoms. The zero-order valence-corrected chi connectivity index (χ0v) is 9.37. The first kappa shape index (κ1) is 12.4. The number of carbonyl (C=O) groups excluding carboxylic acids is 1. The molecule has 1 unspecified atom stereocenters. The van der Waals surface area contributed by atoms with Crippen LogP contribution >= 0.6 is 0 Å². The molecule has 5 heteroatoms. The number of carbonyl (C=O) groups is 1. The minimum absolute atomic E-state index is 0.0602. The van der Waals surface area contributed by atoms with E-state index in [2.05, 4.69) is 10.2 Å². The second-order valence-corrected chi connectivity index (χ2v) is 3.71. The van der Waals surface area contributed by atoms with Crippen LogP contribution in [0.25, 0.3) is 0 Å². The minimum atomic E-state index is -0.158. The van der Waals surface area contributed by atoms with E-state index >= 15 is 0 Å². The van der Waals surface area contributed by atoms with Crippen molar-refractivity contribution in [1.29, 1.82) is 0 Å². The minimum Gasteiger partial charge on any atom is -0.378 e. The van der Waals surface area contributed by atoms with Gasteiger partial charge in [0.15, 0.2) is 0 Å². The van der Waals surface area contributed by atoms with Crippen molar-refractivity contribution in [3.8, 4) is 0 Å². The van der Waals surface area contributed by atoms with E-state index in [1.807, 2.05) is 6.92 Å². The van der Waals surface area contributed by atoms with Crippen LogP contribution in [-0.4, -0.2) is 56.2 Å².